The summed E-state index contributed by atoms with van der Waals surface area (Å²) >= 11 is 5.64. The molecule has 0 aliphatic carbocycles. The Kier molecular flexibility index (Phi) is 3.63. The van der Waals surface area contributed by atoms with Gasteiger partial charge in [-0.3, -0.25) is 4.79 Å². The minimum Gasteiger partial charge on any atom is -0.319 e. The van der Waals surface area contributed by atoms with Crippen LogP contribution in [0.25, 0.3) is 0 Å². The predicted octanol–water partition coefficient (Wildman–Crippen LogP) is 4.04. The first kappa shape index (κ1) is 12.6. The number of benzene rings is 2. The highest BCUT2D eigenvalue weighted by Gasteiger charge is 2.09. The van der Waals surface area contributed by atoms with Gasteiger partial charge in [-0.05, 0) is 37.3 Å². The van der Waals surface area contributed by atoms with E-state index in [4.69, 9.17) is 11.6 Å². The summed E-state index contributed by atoms with van der Waals surface area (Å²) in [6, 6.07) is 11.2. The Hall–Kier alpha value is -1.87. The van der Waals surface area contributed by atoms with Gasteiger partial charge in [-0.15, -0.1) is 0 Å². The highest BCUT2D eigenvalue weighted by atomic mass is 35.5. The molecule has 2 aromatic carbocycles. The monoisotopic (exact) mass is 263 g/mol. The first-order chi connectivity index (χ1) is 8.56. The van der Waals surface area contributed by atoms with E-state index in [0.29, 0.717) is 10.6 Å². The first-order valence-corrected chi connectivity index (χ1v) is 5.77. The predicted molar refractivity (Wildman–Crippen MR) is 70.5 cm³/mol. The van der Waals surface area contributed by atoms with E-state index in [2.05, 4.69) is 5.32 Å². The molecule has 1 N–H and O–H groups in total. The van der Waals surface area contributed by atoms with Crippen molar-refractivity contribution in [2.75, 3.05) is 5.32 Å². The second-order valence-electron chi connectivity index (χ2n) is 3.94. The van der Waals surface area contributed by atoms with Gasteiger partial charge in [0.15, 0.2) is 0 Å². The normalized spacial score (nSPS) is 10.2. The van der Waals surface area contributed by atoms with E-state index in [1.54, 1.807) is 12.1 Å². The van der Waals surface area contributed by atoms with E-state index in [1.807, 2.05) is 19.1 Å². The fourth-order valence-corrected chi connectivity index (χ4v) is 1.65. The Balaban J connectivity index is 2.18. The van der Waals surface area contributed by atoms with Crippen LogP contribution in [0.1, 0.15) is 15.9 Å². The van der Waals surface area contributed by atoms with Gasteiger partial charge in [0.25, 0.3) is 5.91 Å². The van der Waals surface area contributed by atoms with Crippen molar-refractivity contribution in [3.05, 3.63) is 64.4 Å². The molecule has 0 aliphatic heterocycles. The number of carbonyl (C=O) groups excluding carboxylic acids is 1. The Morgan fingerprint density at radius 1 is 1.17 bits per heavy atom. The van der Waals surface area contributed by atoms with Crippen LogP contribution in [0.15, 0.2) is 42.5 Å². The molecule has 0 aromatic heterocycles. The summed E-state index contributed by atoms with van der Waals surface area (Å²) in [7, 11) is 0. The van der Waals surface area contributed by atoms with E-state index in [9.17, 15) is 9.18 Å². The number of anilines is 1. The van der Waals surface area contributed by atoms with Gasteiger partial charge in [0.05, 0.1) is 5.69 Å². The van der Waals surface area contributed by atoms with E-state index in [0.717, 1.165) is 11.6 Å². The fraction of sp³-hybridized carbons (Fsp3) is 0.0714. The highest BCUT2D eigenvalue weighted by Crippen LogP contribution is 2.19. The highest BCUT2D eigenvalue weighted by molar-refractivity contribution is 6.30. The summed E-state index contributed by atoms with van der Waals surface area (Å²) in [6.07, 6.45) is 0. The molecule has 0 bridgehead atoms. The lowest BCUT2D eigenvalue weighted by atomic mass is 10.1. The molecule has 0 aliphatic rings. The van der Waals surface area contributed by atoms with Crippen molar-refractivity contribution in [2.24, 2.45) is 0 Å². The zero-order valence-electron chi connectivity index (χ0n) is 9.71. The van der Waals surface area contributed by atoms with Crippen LogP contribution >= 0.6 is 11.6 Å². The van der Waals surface area contributed by atoms with Crippen molar-refractivity contribution in [3.63, 3.8) is 0 Å². The third-order valence-corrected chi connectivity index (χ3v) is 2.73. The largest absolute Gasteiger partial charge is 0.319 e. The number of amides is 1. The van der Waals surface area contributed by atoms with E-state index in [1.165, 1.54) is 12.1 Å². The maximum Gasteiger partial charge on any atom is 0.255 e. The topological polar surface area (TPSA) is 29.1 Å². The molecule has 4 heteroatoms. The second kappa shape index (κ2) is 5.19. The number of hydrogen-bond acceptors (Lipinski definition) is 1. The molecule has 0 saturated heterocycles. The molecule has 92 valence electrons. The zero-order chi connectivity index (χ0) is 13.1. The Morgan fingerprint density at radius 3 is 2.44 bits per heavy atom. The van der Waals surface area contributed by atoms with Gasteiger partial charge in [0.1, 0.15) is 5.82 Å². The summed E-state index contributed by atoms with van der Waals surface area (Å²) in [5.41, 5.74) is 1.66. The average molecular weight is 264 g/mol. The Labute approximate surface area is 109 Å². The average Bonchev–Trinajstić information content (AvgIpc) is 2.33. The molecule has 0 saturated carbocycles. The van der Waals surface area contributed by atoms with E-state index in [-0.39, 0.29) is 11.6 Å². The van der Waals surface area contributed by atoms with Crippen molar-refractivity contribution in [1.29, 1.82) is 0 Å². The molecule has 0 fully saturated rings. The molecular formula is C14H11ClFNO. The molecule has 2 rings (SSSR count). The van der Waals surface area contributed by atoms with Gasteiger partial charge in [-0.25, -0.2) is 4.39 Å². The first-order valence-electron chi connectivity index (χ1n) is 5.39. The van der Waals surface area contributed by atoms with Crippen LogP contribution in [-0.2, 0) is 0 Å². The Bertz CT molecular complexity index is 581. The minimum atomic E-state index is -0.553. The van der Waals surface area contributed by atoms with Crippen LogP contribution in [0.2, 0.25) is 5.02 Å². The molecule has 0 atom stereocenters. The van der Waals surface area contributed by atoms with E-state index < -0.39 is 5.82 Å². The van der Waals surface area contributed by atoms with Gasteiger partial charge < -0.3 is 5.32 Å². The van der Waals surface area contributed by atoms with Gasteiger partial charge in [0.2, 0.25) is 0 Å². The van der Waals surface area contributed by atoms with Gasteiger partial charge in [0, 0.05) is 10.6 Å². The second-order valence-corrected chi connectivity index (χ2v) is 4.38. The molecule has 2 nitrogen and oxygen atoms in total. The van der Waals surface area contributed by atoms with Gasteiger partial charge in [-0.2, -0.15) is 0 Å². The zero-order valence-corrected chi connectivity index (χ0v) is 10.5. The summed E-state index contributed by atoms with van der Waals surface area (Å²) in [5.74, 6) is -0.904. The number of rotatable bonds is 2. The maximum absolute atomic E-state index is 13.5. The van der Waals surface area contributed by atoms with Crippen LogP contribution < -0.4 is 5.32 Å². The van der Waals surface area contributed by atoms with Crippen molar-refractivity contribution in [3.8, 4) is 0 Å². The molecule has 0 unspecified atom stereocenters. The molecular weight excluding hydrogens is 253 g/mol. The molecule has 18 heavy (non-hydrogen) atoms. The summed E-state index contributed by atoms with van der Waals surface area (Å²) in [5, 5.41) is 2.79. The standard InChI is InChI=1S/C14H11ClFNO/c1-9-2-4-10(5-3-9)14(18)17-13-7-6-11(15)8-12(13)16/h2-8H,1H3,(H,17,18). The lowest BCUT2D eigenvalue weighted by Gasteiger charge is -2.06. The third kappa shape index (κ3) is 2.87. The molecule has 2 aromatic rings. The summed E-state index contributed by atoms with van der Waals surface area (Å²) < 4.78 is 13.5. The van der Waals surface area contributed by atoms with Gasteiger partial charge >= 0.3 is 0 Å². The van der Waals surface area contributed by atoms with E-state index >= 15 is 0 Å². The Morgan fingerprint density at radius 2 is 1.83 bits per heavy atom. The number of carbonyl (C=O) groups is 1. The van der Waals surface area contributed by atoms with Crippen LogP contribution in [0.3, 0.4) is 0 Å². The van der Waals surface area contributed by atoms with Crippen LogP contribution in [0.4, 0.5) is 10.1 Å². The number of hydrogen-bond donors (Lipinski definition) is 1. The SMILES string of the molecule is Cc1ccc(C(=O)Nc2ccc(Cl)cc2F)cc1. The summed E-state index contributed by atoms with van der Waals surface area (Å²) in [4.78, 5) is 11.9. The maximum atomic E-state index is 13.5. The van der Waals surface area contributed by atoms with Gasteiger partial charge in [-0.1, -0.05) is 29.3 Å². The van der Waals surface area contributed by atoms with Crippen LogP contribution in [0, 0.1) is 12.7 Å². The number of aryl methyl sites for hydroxylation is 1. The molecule has 0 radical (unpaired) electrons. The smallest absolute Gasteiger partial charge is 0.255 e. The van der Waals surface area contributed by atoms with Crippen molar-refractivity contribution < 1.29 is 9.18 Å². The lowest BCUT2D eigenvalue weighted by Crippen LogP contribution is -2.12. The van der Waals surface area contributed by atoms with Crippen LogP contribution in [0.5, 0.6) is 0 Å². The molecule has 1 amide bonds. The molecule has 0 heterocycles. The number of nitrogens with one attached hydrogen (secondary N) is 1. The van der Waals surface area contributed by atoms with Crippen LogP contribution in [-0.4, -0.2) is 5.91 Å². The third-order valence-electron chi connectivity index (χ3n) is 2.49. The minimum absolute atomic E-state index is 0.116. The summed E-state index contributed by atoms with van der Waals surface area (Å²) in [6.45, 7) is 1.93. The quantitative estimate of drug-likeness (QED) is 0.870. The van der Waals surface area contributed by atoms with Crippen molar-refractivity contribution in [2.45, 2.75) is 6.92 Å². The van der Waals surface area contributed by atoms with Crippen molar-refractivity contribution in [1.82, 2.24) is 0 Å². The fourth-order valence-electron chi connectivity index (χ4n) is 1.49. The number of halogens is 2. The lowest BCUT2D eigenvalue weighted by molar-refractivity contribution is 0.102. The molecule has 0 spiro atoms. The van der Waals surface area contributed by atoms with Crippen molar-refractivity contribution >= 4 is 23.2 Å².